The van der Waals surface area contributed by atoms with Gasteiger partial charge in [0.05, 0.1) is 12.1 Å². The average molecular weight is 213 g/mol. The van der Waals surface area contributed by atoms with Crippen molar-refractivity contribution in [2.45, 2.75) is 39.3 Å². The Morgan fingerprint density at radius 1 is 1.47 bits per heavy atom. The van der Waals surface area contributed by atoms with Crippen molar-refractivity contribution in [3.63, 3.8) is 0 Å². The summed E-state index contributed by atoms with van der Waals surface area (Å²) in [5.41, 5.74) is 0. The summed E-state index contributed by atoms with van der Waals surface area (Å²) in [6.45, 7) is 6.11. The van der Waals surface area contributed by atoms with Crippen LogP contribution in [0.15, 0.2) is 0 Å². The van der Waals surface area contributed by atoms with Gasteiger partial charge in [-0.05, 0) is 5.92 Å². The zero-order valence-corrected chi connectivity index (χ0v) is 9.51. The van der Waals surface area contributed by atoms with Crippen molar-refractivity contribution in [2.24, 2.45) is 11.8 Å². The fourth-order valence-electron chi connectivity index (χ4n) is 1.77. The van der Waals surface area contributed by atoms with Gasteiger partial charge >= 0.3 is 0 Å². The Hall–Kier alpha value is -0.900. The summed E-state index contributed by atoms with van der Waals surface area (Å²) >= 11 is 0. The molecule has 1 aliphatic rings. The lowest BCUT2D eigenvalue weighted by Crippen LogP contribution is -2.41. The Morgan fingerprint density at radius 2 is 2.07 bits per heavy atom. The van der Waals surface area contributed by atoms with Gasteiger partial charge in [0.2, 0.25) is 5.91 Å². The standard InChI is InChI=1S/C11H19NO3/c1-7(2)8(3)11(15)12-5-10(14)4-9(12)6-13/h6-10,14H,4-5H2,1-3H3. The SMILES string of the molecule is CC(C)C(C)C(=O)N1CC(O)CC1C=O. The Labute approximate surface area is 90.3 Å². The molecule has 0 aromatic heterocycles. The van der Waals surface area contributed by atoms with Crippen LogP contribution in [0.5, 0.6) is 0 Å². The number of aliphatic hydroxyl groups excluding tert-OH is 1. The number of hydrogen-bond donors (Lipinski definition) is 1. The summed E-state index contributed by atoms with van der Waals surface area (Å²) in [5.74, 6) is 0.124. The molecule has 1 rings (SSSR count). The van der Waals surface area contributed by atoms with Gasteiger partial charge in [-0.2, -0.15) is 0 Å². The number of amides is 1. The molecule has 4 heteroatoms. The fourth-order valence-corrected chi connectivity index (χ4v) is 1.77. The highest BCUT2D eigenvalue weighted by atomic mass is 16.3. The normalized spacial score (nSPS) is 28.2. The zero-order valence-electron chi connectivity index (χ0n) is 9.51. The highest BCUT2D eigenvalue weighted by Gasteiger charge is 2.36. The van der Waals surface area contributed by atoms with Gasteiger partial charge in [0, 0.05) is 18.9 Å². The topological polar surface area (TPSA) is 57.6 Å². The summed E-state index contributed by atoms with van der Waals surface area (Å²) in [7, 11) is 0. The number of carbonyl (C=O) groups is 2. The van der Waals surface area contributed by atoms with E-state index >= 15 is 0 Å². The van der Waals surface area contributed by atoms with Crippen molar-refractivity contribution in [3.8, 4) is 0 Å². The molecule has 0 aliphatic carbocycles. The third-order valence-electron chi connectivity index (χ3n) is 3.15. The predicted octanol–water partition coefficient (Wildman–Crippen LogP) is 0.439. The van der Waals surface area contributed by atoms with Gasteiger partial charge in [-0.25, -0.2) is 0 Å². The van der Waals surface area contributed by atoms with Crippen LogP contribution in [0.3, 0.4) is 0 Å². The first-order chi connectivity index (χ1) is 6.97. The first-order valence-electron chi connectivity index (χ1n) is 5.41. The molecule has 1 saturated heterocycles. The first-order valence-corrected chi connectivity index (χ1v) is 5.41. The third-order valence-corrected chi connectivity index (χ3v) is 3.15. The number of carbonyl (C=O) groups excluding carboxylic acids is 2. The predicted molar refractivity (Wildman–Crippen MR) is 56.2 cm³/mol. The second-order valence-electron chi connectivity index (χ2n) is 4.62. The van der Waals surface area contributed by atoms with Crippen LogP contribution in [0.25, 0.3) is 0 Å². The molecule has 1 heterocycles. The smallest absolute Gasteiger partial charge is 0.226 e. The third kappa shape index (κ3) is 2.56. The highest BCUT2D eigenvalue weighted by molar-refractivity contribution is 5.82. The molecule has 1 fully saturated rings. The van der Waals surface area contributed by atoms with Crippen LogP contribution in [-0.4, -0.2) is 40.9 Å². The van der Waals surface area contributed by atoms with Gasteiger partial charge < -0.3 is 14.8 Å². The lowest BCUT2D eigenvalue weighted by atomic mass is 9.96. The van der Waals surface area contributed by atoms with Crippen molar-refractivity contribution >= 4 is 12.2 Å². The molecule has 0 bridgehead atoms. The fraction of sp³-hybridized carbons (Fsp3) is 0.818. The molecule has 4 nitrogen and oxygen atoms in total. The number of β-amino-alcohol motifs (C(OH)–C–C–N with tert-alkyl or cyclic N) is 1. The van der Waals surface area contributed by atoms with Crippen LogP contribution in [0.2, 0.25) is 0 Å². The highest BCUT2D eigenvalue weighted by Crippen LogP contribution is 2.21. The van der Waals surface area contributed by atoms with Crippen molar-refractivity contribution in [3.05, 3.63) is 0 Å². The maximum absolute atomic E-state index is 12.0. The van der Waals surface area contributed by atoms with Gasteiger partial charge in [0.25, 0.3) is 0 Å². The average Bonchev–Trinajstić information content (AvgIpc) is 2.57. The van der Waals surface area contributed by atoms with Crippen LogP contribution in [-0.2, 0) is 9.59 Å². The lowest BCUT2D eigenvalue weighted by molar-refractivity contribution is -0.139. The largest absolute Gasteiger partial charge is 0.391 e. The number of hydrogen-bond acceptors (Lipinski definition) is 3. The van der Waals surface area contributed by atoms with Crippen LogP contribution in [0.1, 0.15) is 27.2 Å². The Bertz CT molecular complexity index is 252. The summed E-state index contributed by atoms with van der Waals surface area (Å²) in [5, 5.41) is 9.42. The minimum atomic E-state index is -0.552. The van der Waals surface area contributed by atoms with E-state index in [2.05, 4.69) is 0 Å². The quantitative estimate of drug-likeness (QED) is 0.692. The van der Waals surface area contributed by atoms with Gasteiger partial charge in [0.1, 0.15) is 6.29 Å². The minimum absolute atomic E-state index is 0.0290. The molecule has 0 saturated carbocycles. The van der Waals surface area contributed by atoms with E-state index in [1.54, 1.807) is 0 Å². The Kier molecular flexibility index (Phi) is 3.85. The summed E-state index contributed by atoms with van der Waals surface area (Å²) in [4.78, 5) is 24.2. The molecule has 1 amide bonds. The second-order valence-corrected chi connectivity index (χ2v) is 4.62. The van der Waals surface area contributed by atoms with Crippen molar-refractivity contribution in [2.75, 3.05) is 6.54 Å². The molecule has 3 atom stereocenters. The number of rotatable bonds is 3. The van der Waals surface area contributed by atoms with Gasteiger partial charge in [-0.15, -0.1) is 0 Å². The molecular formula is C11H19NO3. The number of likely N-dealkylation sites (tertiary alicyclic amines) is 1. The number of nitrogens with zero attached hydrogens (tertiary/aromatic N) is 1. The lowest BCUT2D eigenvalue weighted by Gasteiger charge is -2.25. The molecule has 0 aromatic carbocycles. The molecule has 0 spiro atoms. The molecule has 0 radical (unpaired) electrons. The molecule has 1 aliphatic heterocycles. The molecular weight excluding hydrogens is 194 g/mol. The molecule has 15 heavy (non-hydrogen) atoms. The maximum Gasteiger partial charge on any atom is 0.226 e. The number of aliphatic hydroxyl groups is 1. The molecule has 86 valence electrons. The summed E-state index contributed by atoms with van der Waals surface area (Å²) in [6.07, 6.45) is 0.574. The summed E-state index contributed by atoms with van der Waals surface area (Å²) < 4.78 is 0. The van der Waals surface area contributed by atoms with Crippen molar-refractivity contribution < 1.29 is 14.7 Å². The monoisotopic (exact) mass is 213 g/mol. The van der Waals surface area contributed by atoms with Crippen LogP contribution >= 0.6 is 0 Å². The van der Waals surface area contributed by atoms with E-state index in [0.29, 0.717) is 13.0 Å². The minimum Gasteiger partial charge on any atom is -0.391 e. The van der Waals surface area contributed by atoms with E-state index in [-0.39, 0.29) is 17.7 Å². The van der Waals surface area contributed by atoms with E-state index in [1.807, 2.05) is 20.8 Å². The second kappa shape index (κ2) is 4.75. The van der Waals surface area contributed by atoms with E-state index in [4.69, 9.17) is 0 Å². The van der Waals surface area contributed by atoms with E-state index in [1.165, 1.54) is 4.90 Å². The molecule has 3 unspecified atom stereocenters. The van der Waals surface area contributed by atoms with Crippen LogP contribution in [0, 0.1) is 11.8 Å². The van der Waals surface area contributed by atoms with E-state index in [9.17, 15) is 14.7 Å². The summed E-state index contributed by atoms with van der Waals surface area (Å²) in [6, 6.07) is -0.436. The first kappa shape index (κ1) is 12.2. The van der Waals surface area contributed by atoms with Gasteiger partial charge in [-0.3, -0.25) is 4.79 Å². The Balaban J connectivity index is 2.70. The van der Waals surface area contributed by atoms with Gasteiger partial charge in [0.15, 0.2) is 0 Å². The molecule has 0 aromatic rings. The Morgan fingerprint density at radius 3 is 2.53 bits per heavy atom. The van der Waals surface area contributed by atoms with Crippen LogP contribution < -0.4 is 0 Å². The van der Waals surface area contributed by atoms with Crippen molar-refractivity contribution in [1.29, 1.82) is 0 Å². The molecule has 1 N–H and O–H groups in total. The van der Waals surface area contributed by atoms with Gasteiger partial charge in [-0.1, -0.05) is 20.8 Å². The number of aldehydes is 1. The van der Waals surface area contributed by atoms with E-state index < -0.39 is 12.1 Å². The maximum atomic E-state index is 12.0. The van der Waals surface area contributed by atoms with E-state index in [0.717, 1.165) is 6.29 Å². The zero-order chi connectivity index (χ0) is 11.6. The van der Waals surface area contributed by atoms with Crippen LogP contribution in [0.4, 0.5) is 0 Å². The van der Waals surface area contributed by atoms with Crippen molar-refractivity contribution in [1.82, 2.24) is 4.90 Å².